The molecule has 11 heteroatoms. The van der Waals surface area contributed by atoms with Crippen LogP contribution in [0.4, 0.5) is 26.3 Å². The van der Waals surface area contributed by atoms with Gasteiger partial charge in [-0.25, -0.2) is 13.2 Å². The number of carbonyl (C=O) groups is 1. The van der Waals surface area contributed by atoms with Gasteiger partial charge in [0, 0.05) is 18.4 Å². The summed E-state index contributed by atoms with van der Waals surface area (Å²) in [6.45, 7) is 0.617. The van der Waals surface area contributed by atoms with Gasteiger partial charge in [-0.2, -0.15) is 0 Å². The standard InChI is InChI=1S/C19H22FNO3.C13H7F5O/c1-24-15-7-2-5-13(11-15)14-6-3-9-19(20,12-14)16-8-4-10-21-17(16)18(22)23;14-10-4-9(5-11(15)7-10)8-2-1-3-12(6-8)19-13(16,17)18/h2-3,5-7,9,11,16-17,21H,4,8,10,12H2,1H3,(H,22,23);1-7H. The highest BCUT2D eigenvalue weighted by Crippen LogP contribution is 2.42. The summed E-state index contributed by atoms with van der Waals surface area (Å²) in [4.78, 5) is 11.5. The third kappa shape index (κ3) is 8.41. The molecule has 3 unspecified atom stereocenters. The quantitative estimate of drug-likeness (QED) is 0.282. The maximum atomic E-state index is 15.7. The summed E-state index contributed by atoms with van der Waals surface area (Å²) in [5.74, 6) is -2.91. The van der Waals surface area contributed by atoms with E-state index in [1.165, 1.54) is 18.2 Å². The lowest BCUT2D eigenvalue weighted by atomic mass is 9.72. The fourth-order valence-corrected chi connectivity index (χ4v) is 5.27. The van der Waals surface area contributed by atoms with Gasteiger partial charge < -0.3 is 19.9 Å². The highest BCUT2D eigenvalue weighted by molar-refractivity contribution is 5.75. The molecule has 0 saturated carbocycles. The Hall–Kier alpha value is -4.25. The van der Waals surface area contributed by atoms with Crippen LogP contribution in [0.3, 0.4) is 0 Å². The molecule has 0 spiro atoms. The number of aliphatic carboxylic acids is 1. The zero-order chi connectivity index (χ0) is 31.2. The van der Waals surface area contributed by atoms with E-state index in [1.54, 1.807) is 13.2 Å². The number of hydrogen-bond donors (Lipinski definition) is 2. The number of nitrogens with one attached hydrogen (secondary N) is 1. The van der Waals surface area contributed by atoms with E-state index in [0.29, 0.717) is 19.0 Å². The Morgan fingerprint density at radius 3 is 2.26 bits per heavy atom. The van der Waals surface area contributed by atoms with E-state index in [2.05, 4.69) is 10.1 Å². The number of rotatable bonds is 6. The van der Waals surface area contributed by atoms with Gasteiger partial charge >= 0.3 is 12.3 Å². The van der Waals surface area contributed by atoms with Crippen LogP contribution < -0.4 is 14.8 Å². The molecule has 1 aliphatic heterocycles. The largest absolute Gasteiger partial charge is 0.573 e. The first kappa shape index (κ1) is 31.7. The molecule has 1 fully saturated rings. The number of methoxy groups -OCH3 is 1. The molecule has 3 aromatic rings. The van der Waals surface area contributed by atoms with E-state index < -0.39 is 47.3 Å². The maximum absolute atomic E-state index is 15.7. The minimum Gasteiger partial charge on any atom is -0.497 e. The Balaban J connectivity index is 0.000000203. The Kier molecular flexibility index (Phi) is 9.85. The fourth-order valence-electron chi connectivity index (χ4n) is 5.27. The van der Waals surface area contributed by atoms with Crippen LogP contribution in [-0.4, -0.2) is 42.8 Å². The fraction of sp³-hybridized carbons (Fsp3) is 0.281. The van der Waals surface area contributed by atoms with Gasteiger partial charge in [0.1, 0.15) is 34.8 Å². The van der Waals surface area contributed by atoms with E-state index >= 15 is 4.39 Å². The summed E-state index contributed by atoms with van der Waals surface area (Å²) < 4.78 is 86.9. The van der Waals surface area contributed by atoms with Gasteiger partial charge in [-0.15, -0.1) is 13.2 Å². The highest BCUT2D eigenvalue weighted by Gasteiger charge is 2.46. The van der Waals surface area contributed by atoms with Crippen LogP contribution in [0.2, 0.25) is 0 Å². The van der Waals surface area contributed by atoms with Crippen molar-refractivity contribution < 1.29 is 45.7 Å². The Bertz CT molecular complexity index is 1480. The van der Waals surface area contributed by atoms with Crippen LogP contribution in [0.25, 0.3) is 16.7 Å². The summed E-state index contributed by atoms with van der Waals surface area (Å²) in [5.41, 5.74) is 0.444. The molecule has 0 aromatic heterocycles. The summed E-state index contributed by atoms with van der Waals surface area (Å²) in [6.07, 6.45) is 1.82. The Labute approximate surface area is 244 Å². The molecule has 1 aliphatic carbocycles. The molecule has 3 atom stereocenters. The number of ether oxygens (including phenoxy) is 2. The predicted molar refractivity (Wildman–Crippen MR) is 149 cm³/mol. The number of alkyl halides is 4. The maximum Gasteiger partial charge on any atom is 0.573 e. The molecule has 0 bridgehead atoms. The Morgan fingerprint density at radius 1 is 0.953 bits per heavy atom. The molecular formula is C32H29F6NO4. The van der Waals surface area contributed by atoms with Crippen molar-refractivity contribution in [2.24, 2.45) is 5.92 Å². The van der Waals surface area contributed by atoms with Crippen molar-refractivity contribution in [1.29, 1.82) is 0 Å². The van der Waals surface area contributed by atoms with Gasteiger partial charge in [0.25, 0.3) is 0 Å². The Morgan fingerprint density at radius 2 is 1.60 bits per heavy atom. The van der Waals surface area contributed by atoms with Gasteiger partial charge in [-0.1, -0.05) is 36.4 Å². The van der Waals surface area contributed by atoms with Crippen LogP contribution in [0.1, 0.15) is 24.8 Å². The summed E-state index contributed by atoms with van der Waals surface area (Å²) in [5, 5.41) is 12.4. The van der Waals surface area contributed by atoms with Crippen molar-refractivity contribution in [2.75, 3.05) is 13.7 Å². The number of piperidine rings is 1. The van der Waals surface area contributed by atoms with Gasteiger partial charge in [-0.05, 0) is 84.1 Å². The normalized spacial score (nSPS) is 21.7. The van der Waals surface area contributed by atoms with Crippen LogP contribution in [0.5, 0.6) is 11.5 Å². The lowest BCUT2D eigenvalue weighted by Gasteiger charge is -2.40. The molecule has 2 N–H and O–H groups in total. The average Bonchev–Trinajstić information content (AvgIpc) is 2.96. The minimum absolute atomic E-state index is 0.130. The van der Waals surface area contributed by atoms with Gasteiger partial charge in [0.2, 0.25) is 0 Å². The molecule has 1 saturated heterocycles. The van der Waals surface area contributed by atoms with Gasteiger partial charge in [0.15, 0.2) is 0 Å². The number of hydrogen-bond acceptors (Lipinski definition) is 4. The monoisotopic (exact) mass is 605 g/mol. The van der Waals surface area contributed by atoms with E-state index in [9.17, 15) is 31.9 Å². The molecule has 0 amide bonds. The third-order valence-electron chi connectivity index (χ3n) is 7.18. The summed E-state index contributed by atoms with van der Waals surface area (Å²) in [6, 6.07) is 14.3. The second-order valence-electron chi connectivity index (χ2n) is 10.1. The first-order chi connectivity index (χ1) is 20.4. The van der Waals surface area contributed by atoms with Crippen molar-refractivity contribution >= 4 is 11.5 Å². The number of benzene rings is 3. The van der Waals surface area contributed by atoms with E-state index in [1.807, 2.05) is 30.3 Å². The van der Waals surface area contributed by atoms with Crippen molar-refractivity contribution in [3.63, 3.8) is 0 Å². The van der Waals surface area contributed by atoms with Gasteiger partial charge in [0.05, 0.1) is 7.11 Å². The number of carboxylic acids is 1. The zero-order valence-corrected chi connectivity index (χ0v) is 23.0. The molecule has 3 aromatic carbocycles. The second-order valence-corrected chi connectivity index (χ2v) is 10.1. The van der Waals surface area contributed by atoms with Crippen molar-refractivity contribution in [1.82, 2.24) is 5.32 Å². The average molecular weight is 606 g/mol. The summed E-state index contributed by atoms with van der Waals surface area (Å²) >= 11 is 0. The lowest BCUT2D eigenvalue weighted by Crippen LogP contribution is -2.54. The molecule has 228 valence electrons. The smallest absolute Gasteiger partial charge is 0.497 e. The minimum atomic E-state index is -4.81. The van der Waals surface area contributed by atoms with Crippen LogP contribution >= 0.6 is 0 Å². The molecular weight excluding hydrogens is 576 g/mol. The third-order valence-corrected chi connectivity index (χ3v) is 7.18. The first-order valence-electron chi connectivity index (χ1n) is 13.4. The molecule has 1 heterocycles. The van der Waals surface area contributed by atoms with E-state index in [-0.39, 0.29) is 17.5 Å². The van der Waals surface area contributed by atoms with Crippen molar-refractivity contribution in [3.8, 4) is 22.6 Å². The topological polar surface area (TPSA) is 67.8 Å². The van der Waals surface area contributed by atoms with Crippen LogP contribution in [-0.2, 0) is 4.79 Å². The molecule has 2 aliphatic rings. The number of allylic oxidation sites excluding steroid dienone is 4. The molecule has 5 nitrogen and oxygen atoms in total. The first-order valence-corrected chi connectivity index (χ1v) is 13.4. The van der Waals surface area contributed by atoms with E-state index in [0.717, 1.165) is 47.6 Å². The molecule has 43 heavy (non-hydrogen) atoms. The predicted octanol–water partition coefficient (Wildman–Crippen LogP) is 7.73. The molecule has 5 rings (SSSR count). The highest BCUT2D eigenvalue weighted by atomic mass is 19.4. The number of halogens is 6. The van der Waals surface area contributed by atoms with Crippen LogP contribution in [0, 0.1) is 17.6 Å². The number of carboxylic acid groups (broad SMARTS) is 1. The van der Waals surface area contributed by atoms with Crippen molar-refractivity contribution in [3.05, 3.63) is 102 Å². The summed E-state index contributed by atoms with van der Waals surface area (Å²) in [7, 11) is 1.60. The van der Waals surface area contributed by atoms with Crippen molar-refractivity contribution in [2.45, 2.75) is 37.3 Å². The van der Waals surface area contributed by atoms with Crippen LogP contribution in [0.15, 0.2) is 85.0 Å². The van der Waals surface area contributed by atoms with Gasteiger partial charge in [-0.3, -0.25) is 4.79 Å². The second kappa shape index (κ2) is 13.4. The molecule has 0 radical (unpaired) electrons. The van der Waals surface area contributed by atoms with E-state index in [4.69, 9.17) is 4.74 Å². The zero-order valence-electron chi connectivity index (χ0n) is 23.0. The SMILES string of the molecule is COc1cccc(C2=CC=CC(F)(C3CCCNC3C(=O)O)C2)c1.Fc1cc(F)cc(-c2cccc(OC(F)(F)F)c2)c1. The lowest BCUT2D eigenvalue weighted by molar-refractivity contribution is -0.274.